The molecule has 3 heteroatoms. The van der Waals surface area contributed by atoms with Crippen molar-refractivity contribution in [2.24, 2.45) is 0 Å². The summed E-state index contributed by atoms with van der Waals surface area (Å²) in [6.45, 7) is 4.24. The molecule has 1 aliphatic rings. The van der Waals surface area contributed by atoms with E-state index in [2.05, 4.69) is 29.2 Å². The molecular weight excluding hydrogens is 229 g/mol. The van der Waals surface area contributed by atoms with Crippen LogP contribution in [0.15, 0.2) is 24.3 Å². The quantitative estimate of drug-likeness (QED) is 0.738. The normalized spacial score (nSPS) is 24.1. The Hall–Kier alpha value is -0.880. The molecule has 0 bridgehead atoms. The van der Waals surface area contributed by atoms with Gasteiger partial charge in [-0.1, -0.05) is 19.1 Å². The fourth-order valence-electron chi connectivity index (χ4n) is 2.44. The maximum absolute atomic E-state index is 12.4. The summed E-state index contributed by atoms with van der Waals surface area (Å²) in [5.41, 5.74) is 2.05. The number of amides is 1. The second-order valence-electron chi connectivity index (χ2n) is 4.76. The maximum atomic E-state index is 12.4. The second-order valence-corrected chi connectivity index (χ2v) is 5.53. The molecule has 1 aromatic carbocycles. The van der Waals surface area contributed by atoms with Crippen LogP contribution in [0.4, 0.5) is 0 Å². The molecule has 0 aromatic heterocycles. The van der Waals surface area contributed by atoms with Gasteiger partial charge in [-0.05, 0) is 43.9 Å². The van der Waals surface area contributed by atoms with Crippen LogP contribution in [0.3, 0.4) is 0 Å². The molecule has 1 fully saturated rings. The average Bonchev–Trinajstić information content (AvgIpc) is 2.68. The van der Waals surface area contributed by atoms with Crippen LogP contribution >= 0.6 is 9.24 Å². The first-order chi connectivity index (χ1) is 8.13. The maximum Gasteiger partial charge on any atom is 0.254 e. The van der Waals surface area contributed by atoms with Crippen molar-refractivity contribution < 1.29 is 4.79 Å². The molecule has 1 amide bonds. The van der Waals surface area contributed by atoms with E-state index in [-0.39, 0.29) is 5.91 Å². The van der Waals surface area contributed by atoms with Crippen LogP contribution in [0, 0.1) is 0 Å². The monoisotopic (exact) mass is 249 g/mol. The lowest BCUT2D eigenvalue weighted by Crippen LogP contribution is -2.37. The molecule has 17 heavy (non-hydrogen) atoms. The number of aryl methyl sites for hydroxylation is 1. The van der Waals surface area contributed by atoms with Gasteiger partial charge in [0.1, 0.15) is 0 Å². The molecule has 1 heterocycles. The Balaban J connectivity index is 2.24. The van der Waals surface area contributed by atoms with Crippen LogP contribution < -0.4 is 0 Å². The lowest BCUT2D eigenvalue weighted by atomic mass is 10.1. The molecule has 1 aliphatic heterocycles. The summed E-state index contributed by atoms with van der Waals surface area (Å²) in [5, 5.41) is 0. The Morgan fingerprint density at radius 3 is 2.82 bits per heavy atom. The summed E-state index contributed by atoms with van der Waals surface area (Å²) >= 11 is 0. The van der Waals surface area contributed by atoms with Crippen molar-refractivity contribution in [3.05, 3.63) is 35.4 Å². The first-order valence-electron chi connectivity index (χ1n) is 6.30. The van der Waals surface area contributed by atoms with E-state index in [1.807, 2.05) is 23.1 Å². The summed E-state index contributed by atoms with van der Waals surface area (Å²) in [5.74, 6) is 0.466. The Labute approximate surface area is 106 Å². The van der Waals surface area contributed by atoms with Gasteiger partial charge >= 0.3 is 0 Å². The van der Waals surface area contributed by atoms with Crippen molar-refractivity contribution >= 4 is 15.1 Å². The van der Waals surface area contributed by atoms with Crippen LogP contribution in [0.5, 0.6) is 0 Å². The van der Waals surface area contributed by atoms with E-state index in [9.17, 15) is 4.79 Å². The molecule has 0 spiro atoms. The molecule has 0 saturated carbocycles. The molecule has 0 N–H and O–H groups in total. The Kier molecular flexibility index (Phi) is 3.83. The topological polar surface area (TPSA) is 20.3 Å². The number of nitrogens with zero attached hydrogens (tertiary/aromatic N) is 1. The predicted octanol–water partition coefficient (Wildman–Crippen LogP) is 3.07. The number of carbonyl (C=O) groups excluding carboxylic acids is 1. The molecule has 2 rings (SSSR count). The highest BCUT2D eigenvalue weighted by atomic mass is 31.0. The predicted molar refractivity (Wildman–Crippen MR) is 74.2 cm³/mol. The zero-order valence-corrected chi connectivity index (χ0v) is 11.7. The van der Waals surface area contributed by atoms with Crippen LogP contribution in [0.1, 0.15) is 42.6 Å². The summed E-state index contributed by atoms with van der Waals surface area (Å²) < 4.78 is 0. The molecule has 0 aliphatic carbocycles. The van der Waals surface area contributed by atoms with Crippen molar-refractivity contribution in [1.29, 1.82) is 0 Å². The molecular formula is C14H20NOP. The number of hydrogen-bond acceptors (Lipinski definition) is 1. The Morgan fingerprint density at radius 1 is 1.47 bits per heavy atom. The minimum absolute atomic E-state index is 0.172. The van der Waals surface area contributed by atoms with Gasteiger partial charge in [-0.3, -0.25) is 4.79 Å². The van der Waals surface area contributed by atoms with Gasteiger partial charge in [0, 0.05) is 17.4 Å². The van der Waals surface area contributed by atoms with Gasteiger partial charge < -0.3 is 4.90 Å². The van der Waals surface area contributed by atoms with Gasteiger partial charge in [0.15, 0.2) is 0 Å². The minimum atomic E-state index is 0.172. The number of hydrogen-bond donors (Lipinski definition) is 0. The van der Waals surface area contributed by atoms with Crippen LogP contribution in [0.25, 0.3) is 0 Å². The number of rotatable bonds is 2. The lowest BCUT2D eigenvalue weighted by Gasteiger charge is -2.26. The average molecular weight is 249 g/mol. The smallest absolute Gasteiger partial charge is 0.254 e. The third-order valence-electron chi connectivity index (χ3n) is 3.53. The highest BCUT2D eigenvalue weighted by Gasteiger charge is 2.31. The molecule has 1 saturated heterocycles. The lowest BCUT2D eigenvalue weighted by molar-refractivity contribution is 0.0730. The zero-order valence-electron chi connectivity index (χ0n) is 10.5. The van der Waals surface area contributed by atoms with E-state index in [0.29, 0.717) is 11.8 Å². The van der Waals surface area contributed by atoms with Crippen molar-refractivity contribution in [2.45, 2.75) is 44.9 Å². The van der Waals surface area contributed by atoms with Gasteiger partial charge in [0.2, 0.25) is 0 Å². The van der Waals surface area contributed by atoms with Crippen LogP contribution in [-0.2, 0) is 6.42 Å². The van der Waals surface area contributed by atoms with Gasteiger partial charge in [0.25, 0.3) is 5.91 Å². The molecule has 3 unspecified atom stereocenters. The summed E-state index contributed by atoms with van der Waals surface area (Å²) in [7, 11) is 2.78. The number of likely N-dealkylation sites (tertiary alicyclic amines) is 1. The standard InChI is InChI=1S/C14H20NOP/c1-3-11-5-4-6-12(9-11)14(16)15-10(2)7-8-13(15)17/h4-6,9-10,13H,3,7-8,17H2,1-2H3. The van der Waals surface area contributed by atoms with E-state index in [1.165, 1.54) is 5.56 Å². The van der Waals surface area contributed by atoms with Gasteiger partial charge in [-0.2, -0.15) is 0 Å². The van der Waals surface area contributed by atoms with Crippen molar-refractivity contribution in [3.8, 4) is 0 Å². The number of carbonyl (C=O) groups is 1. The Bertz CT molecular complexity index is 408. The van der Waals surface area contributed by atoms with Gasteiger partial charge in [-0.15, -0.1) is 9.24 Å². The SMILES string of the molecule is CCc1cccc(C(=O)N2C(C)CCC2P)c1. The third-order valence-corrected chi connectivity index (χ3v) is 4.18. The van der Waals surface area contributed by atoms with E-state index in [1.54, 1.807) is 0 Å². The van der Waals surface area contributed by atoms with Crippen LogP contribution in [-0.4, -0.2) is 22.6 Å². The van der Waals surface area contributed by atoms with Crippen molar-refractivity contribution in [2.75, 3.05) is 0 Å². The Morgan fingerprint density at radius 2 is 2.24 bits per heavy atom. The van der Waals surface area contributed by atoms with Crippen LogP contribution in [0.2, 0.25) is 0 Å². The van der Waals surface area contributed by atoms with Gasteiger partial charge in [0.05, 0.1) is 0 Å². The van der Waals surface area contributed by atoms with E-state index < -0.39 is 0 Å². The first-order valence-corrected chi connectivity index (χ1v) is 6.97. The number of benzene rings is 1. The molecule has 92 valence electrons. The third kappa shape index (κ3) is 2.52. The largest absolute Gasteiger partial charge is 0.330 e. The fourth-order valence-corrected chi connectivity index (χ4v) is 3.06. The highest BCUT2D eigenvalue weighted by molar-refractivity contribution is 7.17. The molecule has 3 atom stereocenters. The summed E-state index contributed by atoms with van der Waals surface area (Å²) in [6, 6.07) is 8.34. The second kappa shape index (κ2) is 5.18. The van der Waals surface area contributed by atoms with Crippen molar-refractivity contribution in [1.82, 2.24) is 4.90 Å². The fraction of sp³-hybridized carbons (Fsp3) is 0.500. The van der Waals surface area contributed by atoms with Gasteiger partial charge in [-0.25, -0.2) is 0 Å². The first kappa shape index (κ1) is 12.6. The summed E-state index contributed by atoms with van der Waals surface area (Å²) in [4.78, 5) is 14.4. The van der Waals surface area contributed by atoms with Crippen molar-refractivity contribution in [3.63, 3.8) is 0 Å². The molecule has 2 nitrogen and oxygen atoms in total. The molecule has 0 radical (unpaired) electrons. The van der Waals surface area contributed by atoms with E-state index in [0.717, 1.165) is 24.8 Å². The highest BCUT2D eigenvalue weighted by Crippen LogP contribution is 2.29. The van der Waals surface area contributed by atoms with E-state index >= 15 is 0 Å². The zero-order chi connectivity index (χ0) is 12.4. The van der Waals surface area contributed by atoms with E-state index in [4.69, 9.17) is 0 Å². The summed E-state index contributed by atoms with van der Waals surface area (Å²) in [6.07, 6.45) is 3.17. The molecule has 1 aromatic rings. The minimum Gasteiger partial charge on any atom is -0.330 e.